The van der Waals surface area contributed by atoms with Crippen molar-refractivity contribution in [2.75, 3.05) is 20.1 Å². The molecule has 0 saturated heterocycles. The minimum Gasteiger partial charge on any atom is -0.481 e. The Hall–Kier alpha value is -1.95. The number of hydrogen-bond acceptors (Lipinski definition) is 4. The fraction of sp³-hybridized carbons (Fsp3) is 0.417. The van der Waals surface area contributed by atoms with E-state index < -0.39 is 5.97 Å². The van der Waals surface area contributed by atoms with Crippen molar-refractivity contribution < 1.29 is 14.7 Å². The molecule has 0 aliphatic heterocycles. The van der Waals surface area contributed by atoms with E-state index in [0.717, 1.165) is 5.56 Å². The number of nitrogens with zero attached hydrogens (tertiary/aromatic N) is 2. The van der Waals surface area contributed by atoms with Crippen LogP contribution >= 0.6 is 0 Å². The van der Waals surface area contributed by atoms with Crippen LogP contribution in [0.1, 0.15) is 12.0 Å². The van der Waals surface area contributed by atoms with Gasteiger partial charge in [0.2, 0.25) is 5.91 Å². The lowest BCUT2D eigenvalue weighted by atomic mass is 10.2. The molecule has 18 heavy (non-hydrogen) atoms. The Kier molecular flexibility index (Phi) is 5.79. The standard InChI is InChI=1S/C12H17N3O3/c1-13-11(16)9-15(7-4-12(17)18)8-10-2-5-14-6-3-10/h2-3,5-6H,4,7-9H2,1H3,(H,13,16)(H,17,18). The van der Waals surface area contributed by atoms with Crippen molar-refractivity contribution in [2.45, 2.75) is 13.0 Å². The Morgan fingerprint density at radius 2 is 2.06 bits per heavy atom. The Morgan fingerprint density at radius 3 is 2.61 bits per heavy atom. The van der Waals surface area contributed by atoms with E-state index in [1.165, 1.54) is 0 Å². The van der Waals surface area contributed by atoms with Gasteiger partial charge in [-0.25, -0.2) is 0 Å². The van der Waals surface area contributed by atoms with Gasteiger partial charge in [-0.2, -0.15) is 0 Å². The molecule has 1 amide bonds. The van der Waals surface area contributed by atoms with Crippen LogP contribution < -0.4 is 5.32 Å². The number of aliphatic carboxylic acids is 1. The van der Waals surface area contributed by atoms with Crippen molar-refractivity contribution in [1.82, 2.24) is 15.2 Å². The molecule has 0 radical (unpaired) electrons. The lowest BCUT2D eigenvalue weighted by Gasteiger charge is -2.20. The van der Waals surface area contributed by atoms with E-state index in [1.807, 2.05) is 12.1 Å². The zero-order chi connectivity index (χ0) is 13.4. The molecule has 98 valence electrons. The highest BCUT2D eigenvalue weighted by Crippen LogP contribution is 2.03. The summed E-state index contributed by atoms with van der Waals surface area (Å²) < 4.78 is 0. The second kappa shape index (κ2) is 7.39. The molecule has 2 N–H and O–H groups in total. The highest BCUT2D eigenvalue weighted by Gasteiger charge is 2.11. The van der Waals surface area contributed by atoms with E-state index in [2.05, 4.69) is 10.3 Å². The molecule has 0 aromatic carbocycles. The Labute approximate surface area is 106 Å². The summed E-state index contributed by atoms with van der Waals surface area (Å²) in [5.74, 6) is -0.999. The van der Waals surface area contributed by atoms with Gasteiger partial charge in [0.25, 0.3) is 0 Å². The molecule has 0 saturated carbocycles. The average molecular weight is 251 g/mol. The van der Waals surface area contributed by atoms with Crippen molar-refractivity contribution in [3.8, 4) is 0 Å². The lowest BCUT2D eigenvalue weighted by Crippen LogP contribution is -2.36. The SMILES string of the molecule is CNC(=O)CN(CCC(=O)O)Cc1ccncc1. The number of aromatic nitrogens is 1. The number of carbonyl (C=O) groups is 2. The number of carbonyl (C=O) groups excluding carboxylic acids is 1. The minimum absolute atomic E-state index is 0.0160. The molecule has 0 bridgehead atoms. The van der Waals surface area contributed by atoms with Crippen LogP contribution in [0.2, 0.25) is 0 Å². The molecule has 0 aliphatic rings. The van der Waals surface area contributed by atoms with Gasteiger partial charge in [-0.3, -0.25) is 19.5 Å². The normalized spacial score (nSPS) is 10.3. The summed E-state index contributed by atoms with van der Waals surface area (Å²) in [4.78, 5) is 27.6. The topological polar surface area (TPSA) is 82.5 Å². The third-order valence-electron chi connectivity index (χ3n) is 2.44. The van der Waals surface area contributed by atoms with Crippen molar-refractivity contribution in [1.29, 1.82) is 0 Å². The third kappa shape index (κ3) is 5.40. The van der Waals surface area contributed by atoms with Gasteiger partial charge in [0, 0.05) is 32.5 Å². The van der Waals surface area contributed by atoms with Crippen molar-refractivity contribution in [3.05, 3.63) is 30.1 Å². The molecular formula is C12H17N3O3. The monoisotopic (exact) mass is 251 g/mol. The zero-order valence-corrected chi connectivity index (χ0v) is 10.3. The lowest BCUT2D eigenvalue weighted by molar-refractivity contribution is -0.137. The molecule has 1 aromatic rings. The van der Waals surface area contributed by atoms with E-state index >= 15 is 0 Å². The molecular weight excluding hydrogens is 234 g/mol. The third-order valence-corrected chi connectivity index (χ3v) is 2.44. The van der Waals surface area contributed by atoms with Gasteiger partial charge >= 0.3 is 5.97 Å². The first-order valence-corrected chi connectivity index (χ1v) is 5.65. The Morgan fingerprint density at radius 1 is 1.39 bits per heavy atom. The molecule has 0 aliphatic carbocycles. The zero-order valence-electron chi connectivity index (χ0n) is 10.3. The van der Waals surface area contributed by atoms with Crippen LogP contribution in [0.4, 0.5) is 0 Å². The molecule has 0 spiro atoms. The molecule has 0 fully saturated rings. The van der Waals surface area contributed by atoms with Gasteiger partial charge < -0.3 is 10.4 Å². The van der Waals surface area contributed by atoms with E-state index in [4.69, 9.17) is 5.11 Å². The number of likely N-dealkylation sites (N-methyl/N-ethyl adjacent to an activating group) is 1. The fourth-order valence-electron chi connectivity index (χ4n) is 1.50. The first-order chi connectivity index (χ1) is 8.61. The molecule has 6 heteroatoms. The van der Waals surface area contributed by atoms with Crippen LogP contribution in [-0.2, 0) is 16.1 Å². The summed E-state index contributed by atoms with van der Waals surface area (Å²) in [6.45, 7) is 1.06. The minimum atomic E-state index is -0.869. The van der Waals surface area contributed by atoms with E-state index in [1.54, 1.807) is 24.3 Å². The van der Waals surface area contributed by atoms with Crippen LogP contribution in [0, 0.1) is 0 Å². The quantitative estimate of drug-likeness (QED) is 0.718. The number of amides is 1. The number of rotatable bonds is 7. The number of carboxylic acid groups (broad SMARTS) is 1. The molecule has 0 unspecified atom stereocenters. The van der Waals surface area contributed by atoms with Crippen molar-refractivity contribution >= 4 is 11.9 Å². The first kappa shape index (κ1) is 14.1. The predicted molar refractivity (Wildman–Crippen MR) is 65.8 cm³/mol. The van der Waals surface area contributed by atoms with Crippen LogP contribution in [0.5, 0.6) is 0 Å². The van der Waals surface area contributed by atoms with Crippen molar-refractivity contribution in [3.63, 3.8) is 0 Å². The van der Waals surface area contributed by atoms with Crippen LogP contribution in [-0.4, -0.2) is 47.0 Å². The number of pyridine rings is 1. The Balaban J connectivity index is 2.58. The van der Waals surface area contributed by atoms with Crippen LogP contribution in [0.3, 0.4) is 0 Å². The summed E-state index contributed by atoms with van der Waals surface area (Å²) in [5, 5.41) is 11.2. The smallest absolute Gasteiger partial charge is 0.304 e. The fourth-order valence-corrected chi connectivity index (χ4v) is 1.50. The summed E-state index contributed by atoms with van der Waals surface area (Å²) >= 11 is 0. The van der Waals surface area contributed by atoms with E-state index in [-0.39, 0.29) is 18.9 Å². The highest BCUT2D eigenvalue weighted by atomic mass is 16.4. The second-order valence-electron chi connectivity index (χ2n) is 3.88. The first-order valence-electron chi connectivity index (χ1n) is 5.65. The number of nitrogens with one attached hydrogen (secondary N) is 1. The molecule has 1 aromatic heterocycles. The van der Waals surface area contributed by atoms with Gasteiger partial charge in [0.1, 0.15) is 0 Å². The average Bonchev–Trinajstić information content (AvgIpc) is 2.37. The molecule has 1 heterocycles. The highest BCUT2D eigenvalue weighted by molar-refractivity contribution is 5.77. The van der Waals surface area contributed by atoms with Crippen molar-refractivity contribution in [2.24, 2.45) is 0 Å². The molecule has 1 rings (SSSR count). The molecule has 6 nitrogen and oxygen atoms in total. The van der Waals surface area contributed by atoms with Gasteiger partial charge in [0.05, 0.1) is 13.0 Å². The van der Waals surface area contributed by atoms with Crippen LogP contribution in [0.25, 0.3) is 0 Å². The van der Waals surface area contributed by atoms with Gasteiger partial charge in [-0.1, -0.05) is 0 Å². The van der Waals surface area contributed by atoms with Gasteiger partial charge in [0.15, 0.2) is 0 Å². The van der Waals surface area contributed by atoms with Gasteiger partial charge in [-0.15, -0.1) is 0 Å². The molecule has 0 atom stereocenters. The van der Waals surface area contributed by atoms with Gasteiger partial charge in [-0.05, 0) is 17.7 Å². The summed E-state index contributed by atoms with van der Waals surface area (Å²) in [5.41, 5.74) is 0.999. The second-order valence-corrected chi connectivity index (χ2v) is 3.88. The summed E-state index contributed by atoms with van der Waals surface area (Å²) in [6.07, 6.45) is 3.36. The summed E-state index contributed by atoms with van der Waals surface area (Å²) in [7, 11) is 1.56. The van der Waals surface area contributed by atoms with Crippen LogP contribution in [0.15, 0.2) is 24.5 Å². The van der Waals surface area contributed by atoms with E-state index in [0.29, 0.717) is 13.1 Å². The largest absolute Gasteiger partial charge is 0.481 e. The number of carboxylic acids is 1. The maximum atomic E-state index is 11.3. The van der Waals surface area contributed by atoms with E-state index in [9.17, 15) is 9.59 Å². The predicted octanol–water partition coefficient (Wildman–Crippen LogP) is 0.104. The number of hydrogen-bond donors (Lipinski definition) is 2. The summed E-state index contributed by atoms with van der Waals surface area (Å²) in [6, 6.07) is 3.69. The Bertz CT molecular complexity index is 395. The maximum absolute atomic E-state index is 11.3. The maximum Gasteiger partial charge on any atom is 0.304 e.